The fourth-order valence-electron chi connectivity index (χ4n) is 4.09. The minimum absolute atomic E-state index is 0. The molecule has 0 aliphatic heterocycles. The SMILES string of the molecule is CC(CC1CCCCC1)NCc1cnccc1NS(=O)(=O)c1ccc(-c2ccno2)s1.Cl. The van der Waals surface area contributed by atoms with Gasteiger partial charge in [0.25, 0.3) is 10.0 Å². The molecule has 0 bridgehead atoms. The molecule has 1 atom stereocenters. The number of hydrogen-bond donors (Lipinski definition) is 2. The van der Waals surface area contributed by atoms with E-state index >= 15 is 0 Å². The summed E-state index contributed by atoms with van der Waals surface area (Å²) in [7, 11) is -3.72. The van der Waals surface area contributed by atoms with Gasteiger partial charge in [-0.1, -0.05) is 37.3 Å². The lowest BCUT2D eigenvalue weighted by atomic mass is 9.85. The Morgan fingerprint density at radius 1 is 1.16 bits per heavy atom. The topological polar surface area (TPSA) is 97.1 Å². The van der Waals surface area contributed by atoms with E-state index < -0.39 is 10.0 Å². The van der Waals surface area contributed by atoms with Crippen molar-refractivity contribution >= 4 is 39.5 Å². The lowest BCUT2D eigenvalue weighted by molar-refractivity contribution is 0.304. The van der Waals surface area contributed by atoms with Crippen LogP contribution in [-0.2, 0) is 16.6 Å². The summed E-state index contributed by atoms with van der Waals surface area (Å²) in [6.45, 7) is 2.76. The first-order valence-electron chi connectivity index (χ1n) is 10.7. The fourth-order valence-corrected chi connectivity index (χ4v) is 6.46. The molecule has 0 amide bonds. The van der Waals surface area contributed by atoms with E-state index in [1.165, 1.54) is 38.3 Å². The summed E-state index contributed by atoms with van der Waals surface area (Å²) < 4.78 is 34.0. The van der Waals surface area contributed by atoms with Crippen LogP contribution in [0.1, 0.15) is 51.0 Å². The van der Waals surface area contributed by atoms with Gasteiger partial charge in [0.2, 0.25) is 0 Å². The third-order valence-electron chi connectivity index (χ3n) is 5.73. The number of nitrogens with one attached hydrogen (secondary N) is 2. The highest BCUT2D eigenvalue weighted by Gasteiger charge is 2.21. The smallest absolute Gasteiger partial charge is 0.271 e. The monoisotopic (exact) mass is 496 g/mol. The lowest BCUT2D eigenvalue weighted by Gasteiger charge is -2.25. The molecule has 1 unspecified atom stereocenters. The summed E-state index contributed by atoms with van der Waals surface area (Å²) in [6, 6.07) is 7.08. The molecule has 1 aliphatic rings. The zero-order valence-corrected chi connectivity index (χ0v) is 20.4. The number of halogens is 1. The van der Waals surface area contributed by atoms with Crippen molar-refractivity contribution in [1.29, 1.82) is 0 Å². The van der Waals surface area contributed by atoms with E-state index in [4.69, 9.17) is 4.52 Å². The summed E-state index contributed by atoms with van der Waals surface area (Å²) in [5, 5.41) is 7.22. The molecule has 1 fully saturated rings. The zero-order chi connectivity index (χ0) is 21.7. The highest BCUT2D eigenvalue weighted by atomic mass is 35.5. The molecule has 174 valence electrons. The molecular formula is C22H29ClN4O3S2. The molecule has 7 nitrogen and oxygen atoms in total. The predicted molar refractivity (Wildman–Crippen MR) is 130 cm³/mol. The average Bonchev–Trinajstić information content (AvgIpc) is 3.46. The van der Waals surface area contributed by atoms with Gasteiger partial charge in [0.05, 0.1) is 16.8 Å². The van der Waals surface area contributed by atoms with Crippen LogP contribution >= 0.6 is 23.7 Å². The molecular weight excluding hydrogens is 468 g/mol. The van der Waals surface area contributed by atoms with Crippen LogP contribution in [0.15, 0.2) is 51.6 Å². The van der Waals surface area contributed by atoms with E-state index in [0.717, 1.165) is 29.2 Å². The van der Waals surface area contributed by atoms with Crippen molar-refractivity contribution in [2.24, 2.45) is 5.92 Å². The normalized spacial score (nSPS) is 15.8. The maximum absolute atomic E-state index is 12.9. The van der Waals surface area contributed by atoms with E-state index in [9.17, 15) is 8.42 Å². The summed E-state index contributed by atoms with van der Waals surface area (Å²) in [4.78, 5) is 4.90. The van der Waals surface area contributed by atoms with Crippen LogP contribution in [-0.4, -0.2) is 24.6 Å². The van der Waals surface area contributed by atoms with Gasteiger partial charge >= 0.3 is 0 Å². The molecule has 3 heterocycles. The Labute approximate surface area is 199 Å². The Hall–Kier alpha value is -1.94. The quantitative estimate of drug-likeness (QED) is 0.407. The first kappa shape index (κ1) is 24.7. The lowest BCUT2D eigenvalue weighted by Crippen LogP contribution is -2.29. The summed E-state index contributed by atoms with van der Waals surface area (Å²) >= 11 is 1.14. The van der Waals surface area contributed by atoms with Gasteiger partial charge in [0.15, 0.2) is 5.76 Å². The number of aromatic nitrogens is 2. The molecule has 0 spiro atoms. The minimum Gasteiger partial charge on any atom is -0.355 e. The zero-order valence-electron chi connectivity index (χ0n) is 18.0. The highest BCUT2D eigenvalue weighted by molar-refractivity contribution is 7.94. The van der Waals surface area contributed by atoms with E-state index in [1.807, 2.05) is 0 Å². The summed E-state index contributed by atoms with van der Waals surface area (Å²) in [6.07, 6.45) is 12.7. The molecule has 32 heavy (non-hydrogen) atoms. The molecule has 0 radical (unpaired) electrons. The number of pyridine rings is 1. The Morgan fingerprint density at radius 3 is 2.72 bits per heavy atom. The van der Waals surface area contributed by atoms with Crippen molar-refractivity contribution in [3.8, 4) is 10.6 Å². The van der Waals surface area contributed by atoms with Crippen LogP contribution in [0, 0.1) is 5.92 Å². The molecule has 4 rings (SSSR count). The van der Waals surface area contributed by atoms with Gasteiger partial charge in [0.1, 0.15) is 4.21 Å². The summed E-state index contributed by atoms with van der Waals surface area (Å²) in [5.74, 6) is 1.34. The number of rotatable bonds is 9. The highest BCUT2D eigenvalue weighted by Crippen LogP contribution is 2.32. The van der Waals surface area contributed by atoms with Gasteiger partial charge in [-0.05, 0) is 37.5 Å². The van der Waals surface area contributed by atoms with Crippen molar-refractivity contribution in [3.63, 3.8) is 0 Å². The van der Waals surface area contributed by atoms with Crippen LogP contribution in [0.25, 0.3) is 10.6 Å². The molecule has 10 heteroatoms. The van der Waals surface area contributed by atoms with E-state index in [-0.39, 0.29) is 16.6 Å². The van der Waals surface area contributed by atoms with Gasteiger partial charge < -0.3 is 9.84 Å². The van der Waals surface area contributed by atoms with Crippen molar-refractivity contribution in [1.82, 2.24) is 15.5 Å². The first-order chi connectivity index (χ1) is 15.0. The number of nitrogens with zero attached hydrogens (tertiary/aromatic N) is 2. The van der Waals surface area contributed by atoms with Gasteiger partial charge in [-0.15, -0.1) is 23.7 Å². The number of thiophene rings is 1. The van der Waals surface area contributed by atoms with Crippen LogP contribution in [0.5, 0.6) is 0 Å². The Balaban J connectivity index is 0.00000289. The number of hydrogen-bond acceptors (Lipinski definition) is 7. The summed E-state index contributed by atoms with van der Waals surface area (Å²) in [5.41, 5.74) is 1.37. The third-order valence-corrected chi connectivity index (χ3v) is 8.68. The van der Waals surface area contributed by atoms with Crippen molar-refractivity contribution < 1.29 is 12.9 Å². The first-order valence-corrected chi connectivity index (χ1v) is 13.0. The molecule has 1 saturated carbocycles. The second-order valence-corrected chi connectivity index (χ2v) is 11.1. The predicted octanol–water partition coefficient (Wildman–Crippen LogP) is 5.47. The van der Waals surface area contributed by atoms with Gasteiger partial charge in [0, 0.05) is 36.6 Å². The average molecular weight is 497 g/mol. The van der Waals surface area contributed by atoms with Crippen molar-refractivity contribution in [2.75, 3.05) is 4.72 Å². The number of anilines is 1. The van der Waals surface area contributed by atoms with E-state index in [1.54, 1.807) is 36.7 Å². The molecule has 3 aromatic heterocycles. The molecule has 1 aliphatic carbocycles. The Bertz CT molecular complexity index is 1080. The second-order valence-electron chi connectivity index (χ2n) is 8.16. The van der Waals surface area contributed by atoms with Gasteiger partial charge in [-0.25, -0.2) is 8.42 Å². The van der Waals surface area contributed by atoms with E-state index in [0.29, 0.717) is 28.9 Å². The van der Waals surface area contributed by atoms with Gasteiger partial charge in [-0.2, -0.15) is 0 Å². The molecule has 0 aromatic carbocycles. The molecule has 2 N–H and O–H groups in total. The van der Waals surface area contributed by atoms with Crippen molar-refractivity contribution in [2.45, 2.75) is 62.2 Å². The maximum Gasteiger partial charge on any atom is 0.271 e. The van der Waals surface area contributed by atoms with Crippen LogP contribution in [0.4, 0.5) is 5.69 Å². The largest absolute Gasteiger partial charge is 0.355 e. The maximum atomic E-state index is 12.9. The number of sulfonamides is 1. The molecule has 0 saturated heterocycles. The standard InChI is InChI=1S/C22H28N4O3S2.ClH/c1-16(13-17-5-3-2-4-6-17)24-15-18-14-23-11-9-19(18)26-31(27,28)22-8-7-21(30-22)20-10-12-25-29-20;/h7-12,14,16-17,24H,2-6,13,15H2,1H3,(H,23,26);1H. The van der Waals surface area contributed by atoms with Crippen LogP contribution < -0.4 is 10.0 Å². The Morgan fingerprint density at radius 2 is 1.97 bits per heavy atom. The Kier molecular flexibility index (Phi) is 8.70. The fraction of sp³-hybridized carbons (Fsp3) is 0.455. The van der Waals surface area contributed by atoms with Gasteiger partial charge in [-0.3, -0.25) is 9.71 Å². The van der Waals surface area contributed by atoms with Crippen LogP contribution in [0.3, 0.4) is 0 Å². The minimum atomic E-state index is -3.72. The van der Waals surface area contributed by atoms with Crippen molar-refractivity contribution in [3.05, 3.63) is 48.4 Å². The third kappa shape index (κ3) is 6.31. The van der Waals surface area contributed by atoms with Crippen LogP contribution in [0.2, 0.25) is 0 Å². The van der Waals surface area contributed by atoms with E-state index in [2.05, 4.69) is 27.1 Å². The second kappa shape index (κ2) is 11.3. The molecule has 3 aromatic rings.